The second kappa shape index (κ2) is 10.4. The van der Waals surface area contributed by atoms with Crippen LogP contribution in [0.1, 0.15) is 52.4 Å². The summed E-state index contributed by atoms with van der Waals surface area (Å²) in [4.78, 5) is 0. The van der Waals surface area contributed by atoms with E-state index >= 15 is 0 Å². The zero-order valence-electron chi connectivity index (χ0n) is 9.18. The molecule has 1 unspecified atom stereocenters. The molecule has 0 aromatic carbocycles. The summed E-state index contributed by atoms with van der Waals surface area (Å²) in [6.07, 6.45) is 7.78. The van der Waals surface area contributed by atoms with Crippen molar-refractivity contribution in [2.75, 3.05) is 12.3 Å². The summed E-state index contributed by atoms with van der Waals surface area (Å²) in [5.74, 6) is 1.02. The molecule has 1 nitrogen and oxygen atoms in total. The predicted molar refractivity (Wildman–Crippen MR) is 64.7 cm³/mol. The van der Waals surface area contributed by atoms with Crippen LogP contribution in [0.25, 0.3) is 0 Å². The van der Waals surface area contributed by atoms with Gasteiger partial charge in [0.25, 0.3) is 0 Å². The van der Waals surface area contributed by atoms with Crippen LogP contribution in [-0.4, -0.2) is 18.3 Å². The van der Waals surface area contributed by atoms with Gasteiger partial charge in [0.05, 0.1) is 0 Å². The standard InChI is InChI=1S/C11H25NS/c1-3-5-7-11(8-6-10-13)12-9-4-2/h11-13H,3-10H2,1-2H3. The normalized spacial score (nSPS) is 13.2. The average Bonchev–Trinajstić information content (AvgIpc) is 2.17. The first-order chi connectivity index (χ1) is 6.35. The molecular formula is C11H25NS. The molecular weight excluding hydrogens is 178 g/mol. The third-order valence-electron chi connectivity index (χ3n) is 2.30. The largest absolute Gasteiger partial charge is 0.314 e. The quantitative estimate of drug-likeness (QED) is 0.548. The third-order valence-corrected chi connectivity index (χ3v) is 2.62. The number of thiol groups is 1. The Morgan fingerprint density at radius 2 is 1.77 bits per heavy atom. The highest BCUT2D eigenvalue weighted by molar-refractivity contribution is 7.80. The summed E-state index contributed by atoms with van der Waals surface area (Å²) in [5, 5.41) is 3.61. The molecule has 13 heavy (non-hydrogen) atoms. The van der Waals surface area contributed by atoms with Crippen LogP contribution in [0.15, 0.2) is 0 Å². The van der Waals surface area contributed by atoms with Crippen molar-refractivity contribution < 1.29 is 0 Å². The molecule has 0 radical (unpaired) electrons. The van der Waals surface area contributed by atoms with Gasteiger partial charge in [0.15, 0.2) is 0 Å². The molecule has 0 aliphatic heterocycles. The maximum Gasteiger partial charge on any atom is 0.00673 e. The van der Waals surface area contributed by atoms with Crippen molar-refractivity contribution in [3.8, 4) is 0 Å². The Bertz CT molecular complexity index is 77.1. The van der Waals surface area contributed by atoms with Crippen LogP contribution in [0.3, 0.4) is 0 Å². The maximum atomic E-state index is 4.25. The van der Waals surface area contributed by atoms with Crippen molar-refractivity contribution in [2.45, 2.75) is 58.4 Å². The molecule has 0 spiro atoms. The Labute approximate surface area is 89.1 Å². The first kappa shape index (κ1) is 13.3. The molecule has 0 heterocycles. The highest BCUT2D eigenvalue weighted by Gasteiger charge is 2.05. The van der Waals surface area contributed by atoms with Gasteiger partial charge >= 0.3 is 0 Å². The first-order valence-corrected chi connectivity index (χ1v) is 6.32. The molecule has 0 fully saturated rings. The molecule has 0 bridgehead atoms. The van der Waals surface area contributed by atoms with E-state index in [1.165, 1.54) is 45.1 Å². The van der Waals surface area contributed by atoms with Crippen LogP contribution in [0.5, 0.6) is 0 Å². The van der Waals surface area contributed by atoms with Crippen molar-refractivity contribution in [2.24, 2.45) is 0 Å². The van der Waals surface area contributed by atoms with Crippen molar-refractivity contribution in [1.29, 1.82) is 0 Å². The molecule has 0 aromatic rings. The fourth-order valence-electron chi connectivity index (χ4n) is 1.49. The van der Waals surface area contributed by atoms with Gasteiger partial charge in [-0.05, 0) is 38.0 Å². The highest BCUT2D eigenvalue weighted by Crippen LogP contribution is 2.07. The first-order valence-electron chi connectivity index (χ1n) is 5.69. The summed E-state index contributed by atoms with van der Waals surface area (Å²) in [5.41, 5.74) is 0. The molecule has 0 aromatic heterocycles. The van der Waals surface area contributed by atoms with Crippen molar-refractivity contribution >= 4 is 12.6 Å². The van der Waals surface area contributed by atoms with Crippen molar-refractivity contribution in [1.82, 2.24) is 5.32 Å². The van der Waals surface area contributed by atoms with E-state index in [0.717, 1.165) is 11.8 Å². The zero-order valence-corrected chi connectivity index (χ0v) is 10.1. The summed E-state index contributed by atoms with van der Waals surface area (Å²) in [6.45, 7) is 5.65. The molecule has 1 N–H and O–H groups in total. The smallest absolute Gasteiger partial charge is 0.00673 e. The molecule has 1 atom stereocenters. The van der Waals surface area contributed by atoms with Gasteiger partial charge in [-0.25, -0.2) is 0 Å². The van der Waals surface area contributed by atoms with E-state index in [2.05, 4.69) is 31.8 Å². The zero-order chi connectivity index (χ0) is 9.94. The van der Waals surface area contributed by atoms with Crippen LogP contribution >= 0.6 is 12.6 Å². The molecule has 2 heteroatoms. The molecule has 0 amide bonds. The lowest BCUT2D eigenvalue weighted by Gasteiger charge is -2.17. The lowest BCUT2D eigenvalue weighted by atomic mass is 10.1. The van der Waals surface area contributed by atoms with E-state index in [1.54, 1.807) is 0 Å². The molecule has 0 saturated carbocycles. The summed E-state index contributed by atoms with van der Waals surface area (Å²) < 4.78 is 0. The minimum Gasteiger partial charge on any atom is -0.314 e. The Morgan fingerprint density at radius 3 is 2.31 bits per heavy atom. The van der Waals surface area contributed by atoms with E-state index in [9.17, 15) is 0 Å². The molecule has 80 valence electrons. The number of nitrogens with one attached hydrogen (secondary N) is 1. The Balaban J connectivity index is 3.47. The van der Waals surface area contributed by atoms with Gasteiger partial charge in [0.1, 0.15) is 0 Å². The number of unbranched alkanes of at least 4 members (excludes halogenated alkanes) is 1. The topological polar surface area (TPSA) is 12.0 Å². The Morgan fingerprint density at radius 1 is 1.08 bits per heavy atom. The molecule has 0 aliphatic rings. The van der Waals surface area contributed by atoms with Gasteiger partial charge < -0.3 is 5.32 Å². The second-order valence-corrected chi connectivity index (χ2v) is 4.11. The van der Waals surface area contributed by atoms with Gasteiger partial charge in [-0.2, -0.15) is 12.6 Å². The minimum atomic E-state index is 0.743. The summed E-state index contributed by atoms with van der Waals surface area (Å²) in [7, 11) is 0. The molecule has 0 rings (SSSR count). The van der Waals surface area contributed by atoms with Crippen LogP contribution in [0, 0.1) is 0 Å². The minimum absolute atomic E-state index is 0.743. The van der Waals surface area contributed by atoms with E-state index in [-0.39, 0.29) is 0 Å². The maximum absolute atomic E-state index is 4.25. The lowest BCUT2D eigenvalue weighted by molar-refractivity contribution is 0.437. The lowest BCUT2D eigenvalue weighted by Crippen LogP contribution is -2.29. The number of rotatable bonds is 9. The predicted octanol–water partition coefficient (Wildman–Crippen LogP) is 3.25. The van der Waals surface area contributed by atoms with Gasteiger partial charge in [-0.1, -0.05) is 26.7 Å². The third kappa shape index (κ3) is 8.63. The van der Waals surface area contributed by atoms with Crippen LogP contribution in [0.4, 0.5) is 0 Å². The van der Waals surface area contributed by atoms with Gasteiger partial charge in [0, 0.05) is 6.04 Å². The van der Waals surface area contributed by atoms with Gasteiger partial charge in [-0.15, -0.1) is 0 Å². The fourth-order valence-corrected chi connectivity index (χ4v) is 1.67. The van der Waals surface area contributed by atoms with E-state index in [4.69, 9.17) is 0 Å². The molecule has 0 saturated heterocycles. The van der Waals surface area contributed by atoms with Gasteiger partial charge in [0.2, 0.25) is 0 Å². The molecule has 0 aliphatic carbocycles. The average molecular weight is 203 g/mol. The van der Waals surface area contributed by atoms with E-state index < -0.39 is 0 Å². The van der Waals surface area contributed by atoms with Crippen LogP contribution in [0.2, 0.25) is 0 Å². The number of hydrogen-bond acceptors (Lipinski definition) is 2. The van der Waals surface area contributed by atoms with Crippen LogP contribution in [-0.2, 0) is 0 Å². The SMILES string of the molecule is CCCCC(CCCS)NCCC. The Kier molecular flexibility index (Phi) is 10.6. The van der Waals surface area contributed by atoms with Crippen molar-refractivity contribution in [3.05, 3.63) is 0 Å². The summed E-state index contributed by atoms with van der Waals surface area (Å²) >= 11 is 4.25. The summed E-state index contributed by atoms with van der Waals surface area (Å²) in [6, 6.07) is 0.743. The van der Waals surface area contributed by atoms with Crippen molar-refractivity contribution in [3.63, 3.8) is 0 Å². The highest BCUT2D eigenvalue weighted by atomic mass is 32.1. The second-order valence-electron chi connectivity index (χ2n) is 3.66. The monoisotopic (exact) mass is 203 g/mol. The fraction of sp³-hybridized carbons (Fsp3) is 1.00. The number of hydrogen-bond donors (Lipinski definition) is 2. The van der Waals surface area contributed by atoms with Gasteiger partial charge in [-0.3, -0.25) is 0 Å². The Hall–Kier alpha value is 0.310. The van der Waals surface area contributed by atoms with E-state index in [1.807, 2.05) is 0 Å². The van der Waals surface area contributed by atoms with Crippen LogP contribution < -0.4 is 5.32 Å². The van der Waals surface area contributed by atoms with E-state index in [0.29, 0.717) is 0 Å².